The van der Waals surface area contributed by atoms with E-state index in [0.717, 1.165) is 42.5 Å². The summed E-state index contributed by atoms with van der Waals surface area (Å²) in [6.45, 7) is 4.15. The molecule has 1 aromatic heterocycles. The van der Waals surface area contributed by atoms with E-state index < -0.39 is 0 Å². The van der Waals surface area contributed by atoms with Crippen molar-refractivity contribution >= 4 is 5.95 Å². The molecule has 0 spiro atoms. The Morgan fingerprint density at radius 2 is 2.00 bits per heavy atom. The summed E-state index contributed by atoms with van der Waals surface area (Å²) in [7, 11) is 3.42. The van der Waals surface area contributed by atoms with Crippen LogP contribution < -0.4 is 5.32 Å². The summed E-state index contributed by atoms with van der Waals surface area (Å²) in [5, 5.41) is 3.37. The predicted octanol–water partition coefficient (Wildman–Crippen LogP) is 2.78. The molecule has 2 aromatic rings. The molecule has 0 atom stereocenters. The largest absolute Gasteiger partial charge is 0.385 e. The Labute approximate surface area is 125 Å². The third-order valence-corrected chi connectivity index (χ3v) is 3.19. The minimum atomic E-state index is 0.580. The van der Waals surface area contributed by atoms with E-state index in [4.69, 9.17) is 9.47 Å². The summed E-state index contributed by atoms with van der Waals surface area (Å²) in [6.07, 6.45) is 2.98. The quantitative estimate of drug-likeness (QED) is 0.759. The van der Waals surface area contributed by atoms with E-state index in [0.29, 0.717) is 6.61 Å². The Hall–Kier alpha value is -1.85. The number of hydrogen-bond acceptors (Lipinski definition) is 4. The molecule has 0 amide bonds. The molecule has 114 valence electrons. The summed E-state index contributed by atoms with van der Waals surface area (Å²) in [6, 6.07) is 8.20. The number of nitrogens with zero attached hydrogens (tertiary/aromatic N) is 2. The van der Waals surface area contributed by atoms with Crippen molar-refractivity contribution in [1.82, 2.24) is 9.55 Å². The Morgan fingerprint density at radius 3 is 2.76 bits per heavy atom. The summed E-state index contributed by atoms with van der Waals surface area (Å²) in [4.78, 5) is 4.56. The zero-order valence-electron chi connectivity index (χ0n) is 12.9. The molecule has 1 aromatic carbocycles. The zero-order valence-corrected chi connectivity index (χ0v) is 12.9. The first kappa shape index (κ1) is 15.5. The van der Waals surface area contributed by atoms with Gasteiger partial charge in [-0.1, -0.05) is 18.2 Å². The highest BCUT2D eigenvalue weighted by molar-refractivity contribution is 5.48. The Balaban J connectivity index is 2.23. The van der Waals surface area contributed by atoms with Gasteiger partial charge in [0.1, 0.15) is 0 Å². The molecule has 5 nitrogen and oxygen atoms in total. The first-order valence-electron chi connectivity index (χ1n) is 7.12. The highest BCUT2D eigenvalue weighted by Crippen LogP contribution is 2.21. The minimum Gasteiger partial charge on any atom is -0.385 e. The van der Waals surface area contributed by atoms with Gasteiger partial charge >= 0.3 is 0 Å². The van der Waals surface area contributed by atoms with Crippen molar-refractivity contribution in [1.29, 1.82) is 0 Å². The smallest absolute Gasteiger partial charge is 0.207 e. The number of rotatable bonds is 8. The van der Waals surface area contributed by atoms with Gasteiger partial charge in [-0.2, -0.15) is 0 Å². The molecule has 5 heteroatoms. The molecule has 0 fully saturated rings. The van der Waals surface area contributed by atoms with Crippen LogP contribution in [-0.4, -0.2) is 36.9 Å². The highest BCUT2D eigenvalue weighted by Gasteiger charge is 2.10. The Morgan fingerprint density at radius 1 is 1.19 bits per heavy atom. The number of para-hydroxylation sites is 1. The van der Waals surface area contributed by atoms with Gasteiger partial charge in [0, 0.05) is 39.1 Å². The van der Waals surface area contributed by atoms with Crippen LogP contribution in [0, 0.1) is 6.92 Å². The lowest BCUT2D eigenvalue weighted by Crippen LogP contribution is -2.10. The maximum atomic E-state index is 5.28. The lowest BCUT2D eigenvalue weighted by Gasteiger charge is -2.13. The van der Waals surface area contributed by atoms with E-state index in [9.17, 15) is 0 Å². The second kappa shape index (κ2) is 7.81. The first-order valence-corrected chi connectivity index (χ1v) is 7.12. The number of anilines is 1. The third-order valence-electron chi connectivity index (χ3n) is 3.19. The molecule has 0 aliphatic carbocycles. The van der Waals surface area contributed by atoms with Crippen molar-refractivity contribution in [2.45, 2.75) is 20.0 Å². The summed E-state index contributed by atoms with van der Waals surface area (Å²) < 4.78 is 12.4. The predicted molar refractivity (Wildman–Crippen MR) is 84.0 cm³/mol. The lowest BCUT2D eigenvalue weighted by molar-refractivity contribution is 0.185. The van der Waals surface area contributed by atoms with Crippen LogP contribution in [0.25, 0.3) is 5.69 Å². The van der Waals surface area contributed by atoms with Crippen molar-refractivity contribution < 1.29 is 9.47 Å². The average Bonchev–Trinajstić information content (AvgIpc) is 2.85. The van der Waals surface area contributed by atoms with E-state index in [1.165, 1.54) is 0 Å². The van der Waals surface area contributed by atoms with Crippen molar-refractivity contribution in [2.24, 2.45) is 0 Å². The second-order valence-electron chi connectivity index (χ2n) is 4.91. The van der Waals surface area contributed by atoms with Crippen molar-refractivity contribution in [2.75, 3.05) is 32.7 Å². The van der Waals surface area contributed by atoms with Crippen LogP contribution in [0.2, 0.25) is 0 Å². The van der Waals surface area contributed by atoms with Gasteiger partial charge in [-0.25, -0.2) is 4.98 Å². The van der Waals surface area contributed by atoms with Gasteiger partial charge in [-0.15, -0.1) is 0 Å². The van der Waals surface area contributed by atoms with Gasteiger partial charge in [0.2, 0.25) is 5.95 Å². The van der Waals surface area contributed by atoms with Gasteiger partial charge in [-0.05, 0) is 19.4 Å². The molecule has 0 radical (unpaired) electrons. The normalized spacial score (nSPS) is 10.8. The molecule has 2 rings (SSSR count). The summed E-state index contributed by atoms with van der Waals surface area (Å²) in [5.74, 6) is 0.854. The topological polar surface area (TPSA) is 48.3 Å². The molecule has 0 saturated heterocycles. The van der Waals surface area contributed by atoms with Crippen LogP contribution in [-0.2, 0) is 16.1 Å². The Kier molecular flexibility index (Phi) is 5.78. The zero-order chi connectivity index (χ0) is 15.1. The standard InChI is InChI=1S/C16H23N3O2/c1-13-11-19(16(18-13)17-9-6-10-20-2)15-8-5-4-7-14(15)12-21-3/h4-5,7-8,11H,6,9-10,12H2,1-3H3,(H,17,18). The van der Waals surface area contributed by atoms with E-state index in [1.54, 1.807) is 14.2 Å². The van der Waals surface area contributed by atoms with Crippen LogP contribution in [0.4, 0.5) is 5.95 Å². The Bertz CT molecular complexity index is 566. The fraction of sp³-hybridized carbons (Fsp3) is 0.438. The molecule has 0 unspecified atom stereocenters. The van der Waals surface area contributed by atoms with E-state index in [1.807, 2.05) is 25.3 Å². The van der Waals surface area contributed by atoms with Gasteiger partial charge in [0.25, 0.3) is 0 Å². The van der Waals surface area contributed by atoms with Gasteiger partial charge in [-0.3, -0.25) is 4.57 Å². The number of ether oxygens (including phenoxy) is 2. The maximum Gasteiger partial charge on any atom is 0.207 e. The fourth-order valence-electron chi connectivity index (χ4n) is 2.25. The third kappa shape index (κ3) is 4.06. The SMILES string of the molecule is COCCCNc1nc(C)cn1-c1ccccc1COC. The number of methoxy groups -OCH3 is 2. The van der Waals surface area contributed by atoms with Crippen LogP contribution in [0.1, 0.15) is 17.7 Å². The van der Waals surface area contributed by atoms with Crippen LogP contribution >= 0.6 is 0 Å². The van der Waals surface area contributed by atoms with Crippen LogP contribution in [0.5, 0.6) is 0 Å². The monoisotopic (exact) mass is 289 g/mol. The summed E-state index contributed by atoms with van der Waals surface area (Å²) >= 11 is 0. The number of hydrogen-bond donors (Lipinski definition) is 1. The molecular formula is C16H23N3O2. The van der Waals surface area contributed by atoms with Gasteiger partial charge in [0.15, 0.2) is 0 Å². The second-order valence-corrected chi connectivity index (χ2v) is 4.91. The molecule has 1 N–H and O–H groups in total. The highest BCUT2D eigenvalue weighted by atomic mass is 16.5. The van der Waals surface area contributed by atoms with Gasteiger partial charge < -0.3 is 14.8 Å². The first-order chi connectivity index (χ1) is 10.3. The van der Waals surface area contributed by atoms with Crippen LogP contribution in [0.3, 0.4) is 0 Å². The molecule has 0 bridgehead atoms. The number of benzene rings is 1. The van der Waals surface area contributed by atoms with E-state index in [2.05, 4.69) is 27.0 Å². The number of imidazole rings is 1. The van der Waals surface area contributed by atoms with E-state index >= 15 is 0 Å². The number of nitrogens with one attached hydrogen (secondary N) is 1. The van der Waals surface area contributed by atoms with Crippen molar-refractivity contribution in [3.8, 4) is 5.69 Å². The molecule has 1 heterocycles. The molecular weight excluding hydrogens is 266 g/mol. The van der Waals surface area contributed by atoms with E-state index in [-0.39, 0.29) is 0 Å². The fourth-order valence-corrected chi connectivity index (χ4v) is 2.25. The van der Waals surface area contributed by atoms with Crippen molar-refractivity contribution in [3.63, 3.8) is 0 Å². The van der Waals surface area contributed by atoms with Gasteiger partial charge in [0.05, 0.1) is 18.0 Å². The summed E-state index contributed by atoms with van der Waals surface area (Å²) in [5.41, 5.74) is 3.21. The molecule has 21 heavy (non-hydrogen) atoms. The average molecular weight is 289 g/mol. The minimum absolute atomic E-state index is 0.580. The molecule has 0 aliphatic rings. The molecule has 0 saturated carbocycles. The molecule has 0 aliphatic heterocycles. The lowest BCUT2D eigenvalue weighted by atomic mass is 10.2. The number of aromatic nitrogens is 2. The number of aryl methyl sites for hydroxylation is 1. The van der Waals surface area contributed by atoms with Crippen LogP contribution in [0.15, 0.2) is 30.5 Å². The van der Waals surface area contributed by atoms with Crippen molar-refractivity contribution in [3.05, 3.63) is 41.7 Å². The maximum absolute atomic E-state index is 5.28.